The third kappa shape index (κ3) is 2.53. The van der Waals surface area contributed by atoms with Crippen molar-refractivity contribution >= 4 is 17.1 Å². The van der Waals surface area contributed by atoms with Gasteiger partial charge in [-0.05, 0) is 0 Å². The SMILES string of the molecule is Nc1nc(-c2ccccc2)c2ncn(C3O[C@H](CO)[C@@H](O)[C@H]3O)c2n1. The van der Waals surface area contributed by atoms with E-state index in [-0.39, 0.29) is 5.95 Å². The van der Waals surface area contributed by atoms with Crippen LogP contribution in [0.15, 0.2) is 36.7 Å². The van der Waals surface area contributed by atoms with Gasteiger partial charge in [0.2, 0.25) is 5.95 Å². The fourth-order valence-electron chi connectivity index (χ4n) is 3.03. The highest BCUT2D eigenvalue weighted by Crippen LogP contribution is 2.33. The number of hydrogen-bond donors (Lipinski definition) is 4. The molecule has 0 radical (unpaired) electrons. The van der Waals surface area contributed by atoms with Crippen molar-refractivity contribution in [3.05, 3.63) is 36.7 Å². The van der Waals surface area contributed by atoms with Crippen molar-refractivity contribution in [2.45, 2.75) is 24.5 Å². The van der Waals surface area contributed by atoms with E-state index < -0.39 is 31.1 Å². The van der Waals surface area contributed by atoms with Crippen LogP contribution >= 0.6 is 0 Å². The van der Waals surface area contributed by atoms with Gasteiger partial charge in [0.15, 0.2) is 11.9 Å². The van der Waals surface area contributed by atoms with Gasteiger partial charge in [-0.1, -0.05) is 30.3 Å². The van der Waals surface area contributed by atoms with E-state index in [9.17, 15) is 15.3 Å². The average Bonchev–Trinajstić information content (AvgIpc) is 3.16. The smallest absolute Gasteiger partial charge is 0.222 e. The molecule has 0 aliphatic carbocycles. The normalized spacial score (nSPS) is 26.4. The maximum absolute atomic E-state index is 10.2. The molecule has 1 fully saturated rings. The number of hydrogen-bond acceptors (Lipinski definition) is 8. The van der Waals surface area contributed by atoms with Crippen LogP contribution in [0.1, 0.15) is 6.23 Å². The van der Waals surface area contributed by atoms with Crippen LogP contribution in [0, 0.1) is 0 Å². The van der Waals surface area contributed by atoms with Crippen LogP contribution in [0.5, 0.6) is 0 Å². The molecular formula is C16H17N5O4. The predicted molar refractivity (Wildman–Crippen MR) is 88.2 cm³/mol. The molecular weight excluding hydrogens is 326 g/mol. The largest absolute Gasteiger partial charge is 0.394 e. The van der Waals surface area contributed by atoms with Crippen molar-refractivity contribution in [1.29, 1.82) is 0 Å². The van der Waals surface area contributed by atoms with Gasteiger partial charge in [-0.2, -0.15) is 4.98 Å². The molecule has 0 amide bonds. The summed E-state index contributed by atoms with van der Waals surface area (Å²) >= 11 is 0. The second kappa shape index (κ2) is 6.05. The lowest BCUT2D eigenvalue weighted by atomic mass is 10.1. The van der Waals surface area contributed by atoms with Gasteiger partial charge in [0.25, 0.3) is 0 Å². The quantitative estimate of drug-likeness (QED) is 0.508. The van der Waals surface area contributed by atoms with Crippen LogP contribution in [-0.2, 0) is 4.74 Å². The number of nitrogens with zero attached hydrogens (tertiary/aromatic N) is 4. The summed E-state index contributed by atoms with van der Waals surface area (Å²) in [6, 6.07) is 9.41. The highest BCUT2D eigenvalue weighted by atomic mass is 16.6. The first-order valence-electron chi connectivity index (χ1n) is 7.78. The molecule has 9 nitrogen and oxygen atoms in total. The zero-order chi connectivity index (χ0) is 17.6. The van der Waals surface area contributed by atoms with Gasteiger partial charge in [-0.15, -0.1) is 0 Å². The maximum Gasteiger partial charge on any atom is 0.222 e. The fraction of sp³-hybridized carbons (Fsp3) is 0.312. The molecule has 1 aromatic carbocycles. The molecule has 1 aliphatic rings. The minimum Gasteiger partial charge on any atom is -0.394 e. The summed E-state index contributed by atoms with van der Waals surface area (Å²) in [5.74, 6) is 0.0554. The van der Waals surface area contributed by atoms with Crippen molar-refractivity contribution in [2.24, 2.45) is 0 Å². The number of imidazole rings is 1. The summed E-state index contributed by atoms with van der Waals surface area (Å²) in [6.45, 7) is -0.409. The van der Waals surface area contributed by atoms with E-state index in [1.165, 1.54) is 10.9 Å². The second-order valence-corrected chi connectivity index (χ2v) is 5.85. The van der Waals surface area contributed by atoms with Gasteiger partial charge in [0, 0.05) is 5.56 Å². The van der Waals surface area contributed by atoms with Crippen molar-refractivity contribution in [2.75, 3.05) is 12.3 Å². The second-order valence-electron chi connectivity index (χ2n) is 5.85. The third-order valence-corrected chi connectivity index (χ3v) is 4.28. The summed E-state index contributed by atoms with van der Waals surface area (Å²) in [4.78, 5) is 12.8. The van der Waals surface area contributed by atoms with Crippen molar-refractivity contribution < 1.29 is 20.1 Å². The molecule has 4 atom stereocenters. The number of nitrogens with two attached hydrogens (primary N) is 1. The molecule has 0 spiro atoms. The van der Waals surface area contributed by atoms with Crippen LogP contribution in [0.25, 0.3) is 22.4 Å². The lowest BCUT2D eigenvalue weighted by molar-refractivity contribution is -0.0511. The first-order chi connectivity index (χ1) is 12.1. The number of fused-ring (bicyclic) bond motifs is 1. The Labute approximate surface area is 142 Å². The molecule has 3 heterocycles. The molecule has 1 aliphatic heterocycles. The Morgan fingerprint density at radius 3 is 2.56 bits per heavy atom. The van der Waals surface area contributed by atoms with Gasteiger partial charge in [0.05, 0.1) is 12.9 Å². The minimum atomic E-state index is -1.23. The third-order valence-electron chi connectivity index (χ3n) is 4.28. The first-order valence-corrected chi connectivity index (χ1v) is 7.78. The molecule has 3 aromatic rings. The molecule has 2 aromatic heterocycles. The molecule has 25 heavy (non-hydrogen) atoms. The zero-order valence-corrected chi connectivity index (χ0v) is 13.1. The van der Waals surface area contributed by atoms with Crippen molar-refractivity contribution in [3.8, 4) is 11.3 Å². The highest BCUT2D eigenvalue weighted by molar-refractivity contribution is 5.88. The number of ether oxygens (including phenoxy) is 1. The van der Waals surface area contributed by atoms with E-state index in [1.807, 2.05) is 30.3 Å². The number of aliphatic hydroxyl groups excluding tert-OH is 3. The number of anilines is 1. The average molecular weight is 343 g/mol. The lowest BCUT2D eigenvalue weighted by Gasteiger charge is -2.16. The number of benzene rings is 1. The van der Waals surface area contributed by atoms with Gasteiger partial charge in [-0.25, -0.2) is 9.97 Å². The molecule has 1 saturated heterocycles. The number of aromatic nitrogens is 4. The fourth-order valence-corrected chi connectivity index (χ4v) is 3.03. The van der Waals surface area contributed by atoms with Crippen molar-refractivity contribution in [3.63, 3.8) is 0 Å². The van der Waals surface area contributed by atoms with Crippen LogP contribution in [0.3, 0.4) is 0 Å². The summed E-state index contributed by atoms with van der Waals surface area (Å²) in [7, 11) is 0. The monoisotopic (exact) mass is 343 g/mol. The lowest BCUT2D eigenvalue weighted by Crippen LogP contribution is -2.33. The zero-order valence-electron chi connectivity index (χ0n) is 13.1. The predicted octanol–water partition coefficient (Wildman–Crippen LogP) is -0.313. The first kappa shape index (κ1) is 15.9. The summed E-state index contributed by atoms with van der Waals surface area (Å²) in [5.41, 5.74) is 8.11. The molecule has 9 heteroatoms. The van der Waals surface area contributed by atoms with E-state index in [2.05, 4.69) is 15.0 Å². The topological polar surface area (TPSA) is 140 Å². The van der Waals surface area contributed by atoms with E-state index in [4.69, 9.17) is 10.5 Å². The van der Waals surface area contributed by atoms with E-state index in [0.717, 1.165) is 5.56 Å². The Kier molecular flexibility index (Phi) is 3.85. The molecule has 4 rings (SSSR count). The van der Waals surface area contributed by atoms with E-state index in [0.29, 0.717) is 16.9 Å². The van der Waals surface area contributed by atoms with Gasteiger partial charge in [0.1, 0.15) is 29.5 Å². The molecule has 1 unspecified atom stereocenters. The molecule has 0 bridgehead atoms. The highest BCUT2D eigenvalue weighted by Gasteiger charge is 2.44. The molecule has 130 valence electrons. The Morgan fingerprint density at radius 2 is 1.88 bits per heavy atom. The summed E-state index contributed by atoms with van der Waals surface area (Å²) < 4.78 is 7.03. The number of nitrogen functional groups attached to an aromatic ring is 1. The number of aliphatic hydroxyl groups is 3. The molecule has 5 N–H and O–H groups in total. The van der Waals surface area contributed by atoms with Crippen LogP contribution in [-0.4, -0.2) is 59.8 Å². The Morgan fingerprint density at radius 1 is 1.12 bits per heavy atom. The Hall–Kier alpha value is -2.59. The summed E-state index contributed by atoms with van der Waals surface area (Å²) in [5, 5.41) is 29.4. The van der Waals surface area contributed by atoms with Gasteiger partial charge < -0.3 is 25.8 Å². The van der Waals surface area contributed by atoms with Gasteiger partial charge >= 0.3 is 0 Å². The maximum atomic E-state index is 10.2. The van der Waals surface area contributed by atoms with Crippen LogP contribution in [0.4, 0.5) is 5.95 Å². The molecule has 0 saturated carbocycles. The van der Waals surface area contributed by atoms with E-state index >= 15 is 0 Å². The summed E-state index contributed by atoms with van der Waals surface area (Å²) in [6.07, 6.45) is -2.81. The van der Waals surface area contributed by atoms with Gasteiger partial charge in [-0.3, -0.25) is 4.57 Å². The number of rotatable bonds is 3. The standard InChI is InChI=1S/C16H17N5O4/c17-16-19-10(8-4-2-1-3-5-8)11-14(20-16)21(7-18-11)15-13(24)12(23)9(6-22)25-15/h1-5,7,9,12-13,15,22-24H,6H2,(H2,17,19,20)/t9-,12-,13-,15?/m1/s1. The van der Waals surface area contributed by atoms with Crippen LogP contribution in [0.2, 0.25) is 0 Å². The Balaban J connectivity index is 1.84. The Bertz CT molecular complexity index is 900. The van der Waals surface area contributed by atoms with E-state index in [1.54, 1.807) is 0 Å². The van der Waals surface area contributed by atoms with Crippen LogP contribution < -0.4 is 5.73 Å². The minimum absolute atomic E-state index is 0.0554. The van der Waals surface area contributed by atoms with Crippen molar-refractivity contribution in [1.82, 2.24) is 19.5 Å².